The first-order chi connectivity index (χ1) is 9.95. The molecule has 2 heterocycles. The molecule has 7 nitrogen and oxygen atoms in total. The minimum absolute atomic E-state index is 0.179. The molecule has 0 spiro atoms. The maximum atomic E-state index is 12.2. The number of anilines is 2. The maximum absolute atomic E-state index is 12.2. The number of nitrogens with two attached hydrogens (primary N) is 1. The molecule has 0 aliphatic heterocycles. The average molecular weight is 309 g/mol. The fraction of sp³-hybridized carbons (Fsp3) is 0.462. The Morgan fingerprint density at radius 3 is 2.71 bits per heavy atom. The lowest BCUT2D eigenvalue weighted by atomic mass is 10.4. The summed E-state index contributed by atoms with van der Waals surface area (Å²) in [6, 6.07) is 0. The molecule has 8 heteroatoms. The van der Waals surface area contributed by atoms with Crippen molar-refractivity contribution in [2.24, 2.45) is 7.05 Å². The molecule has 0 aliphatic rings. The van der Waals surface area contributed by atoms with E-state index in [4.69, 9.17) is 5.73 Å². The molecular formula is C13H19N5O2S. The molecule has 21 heavy (non-hydrogen) atoms. The Morgan fingerprint density at radius 2 is 2.14 bits per heavy atom. The van der Waals surface area contributed by atoms with Crippen LogP contribution in [-0.4, -0.2) is 14.1 Å². The van der Waals surface area contributed by atoms with Crippen molar-refractivity contribution in [3.63, 3.8) is 0 Å². The summed E-state index contributed by atoms with van der Waals surface area (Å²) < 4.78 is 2.48. The predicted molar refractivity (Wildman–Crippen MR) is 84.8 cm³/mol. The van der Waals surface area contributed by atoms with Crippen molar-refractivity contribution in [1.29, 1.82) is 0 Å². The first-order valence-corrected chi connectivity index (χ1v) is 7.51. The molecule has 2 rings (SSSR count). The number of nitrogens with zero attached hydrogens (tertiary/aromatic N) is 3. The van der Waals surface area contributed by atoms with Crippen LogP contribution in [0.5, 0.6) is 0 Å². The van der Waals surface area contributed by atoms with Gasteiger partial charge in [0.2, 0.25) is 0 Å². The van der Waals surface area contributed by atoms with Gasteiger partial charge in [0.25, 0.3) is 5.56 Å². The van der Waals surface area contributed by atoms with Gasteiger partial charge < -0.3 is 11.1 Å². The van der Waals surface area contributed by atoms with Gasteiger partial charge in [-0.1, -0.05) is 6.92 Å². The standard InChI is InChI=1S/C13H19N5O2S/c1-4-5-18-11(14)10(12(19)17(3)13(18)20)16-7-9-15-6-8(2)21-9/h6,16H,4-5,7,14H2,1-3H3. The molecule has 0 bridgehead atoms. The molecule has 0 unspecified atom stereocenters. The number of thiazole rings is 1. The van der Waals surface area contributed by atoms with Crippen LogP contribution in [0.1, 0.15) is 23.2 Å². The van der Waals surface area contributed by atoms with Gasteiger partial charge in [0, 0.05) is 24.7 Å². The zero-order chi connectivity index (χ0) is 15.6. The molecule has 114 valence electrons. The van der Waals surface area contributed by atoms with Crippen molar-refractivity contribution in [2.75, 3.05) is 11.1 Å². The molecule has 0 atom stereocenters. The van der Waals surface area contributed by atoms with E-state index in [-0.39, 0.29) is 11.5 Å². The highest BCUT2D eigenvalue weighted by Crippen LogP contribution is 2.15. The largest absolute Gasteiger partial charge is 0.383 e. The Labute approximate surface area is 126 Å². The number of hydrogen-bond donors (Lipinski definition) is 2. The van der Waals surface area contributed by atoms with Gasteiger partial charge >= 0.3 is 5.69 Å². The number of nitrogens with one attached hydrogen (secondary N) is 1. The average Bonchev–Trinajstić information content (AvgIpc) is 2.87. The summed E-state index contributed by atoms with van der Waals surface area (Å²) >= 11 is 1.55. The van der Waals surface area contributed by atoms with E-state index in [2.05, 4.69) is 10.3 Å². The van der Waals surface area contributed by atoms with Crippen molar-refractivity contribution in [3.05, 3.63) is 36.9 Å². The molecule has 0 radical (unpaired) electrons. The molecule has 2 aromatic heterocycles. The summed E-state index contributed by atoms with van der Waals surface area (Å²) in [5.41, 5.74) is 5.42. The normalized spacial score (nSPS) is 10.8. The van der Waals surface area contributed by atoms with Gasteiger partial charge in [-0.25, -0.2) is 9.78 Å². The number of aryl methyl sites for hydroxylation is 1. The monoisotopic (exact) mass is 309 g/mol. The first-order valence-electron chi connectivity index (χ1n) is 6.70. The lowest BCUT2D eigenvalue weighted by Gasteiger charge is -2.15. The summed E-state index contributed by atoms with van der Waals surface area (Å²) in [5, 5.41) is 3.87. The number of aromatic nitrogens is 3. The molecule has 0 aromatic carbocycles. The Balaban J connectivity index is 2.38. The van der Waals surface area contributed by atoms with Gasteiger partial charge in [-0.2, -0.15) is 0 Å². The number of nitrogen functional groups attached to an aromatic ring is 1. The van der Waals surface area contributed by atoms with E-state index < -0.39 is 11.2 Å². The fourth-order valence-electron chi connectivity index (χ4n) is 2.04. The Hall–Kier alpha value is -2.09. The minimum atomic E-state index is -0.418. The van der Waals surface area contributed by atoms with Crippen LogP contribution in [0.2, 0.25) is 0 Å². The van der Waals surface area contributed by atoms with E-state index >= 15 is 0 Å². The van der Waals surface area contributed by atoms with Crippen LogP contribution in [0.4, 0.5) is 11.5 Å². The van der Waals surface area contributed by atoms with Crippen LogP contribution in [0.3, 0.4) is 0 Å². The highest BCUT2D eigenvalue weighted by molar-refractivity contribution is 7.11. The second kappa shape index (κ2) is 6.13. The number of rotatable bonds is 5. The quantitative estimate of drug-likeness (QED) is 0.856. The summed E-state index contributed by atoms with van der Waals surface area (Å²) in [6.07, 6.45) is 2.54. The second-order valence-electron chi connectivity index (χ2n) is 4.78. The van der Waals surface area contributed by atoms with Gasteiger partial charge in [0.05, 0.1) is 6.54 Å². The van der Waals surface area contributed by atoms with Gasteiger partial charge in [-0.05, 0) is 13.3 Å². The van der Waals surface area contributed by atoms with E-state index in [1.54, 1.807) is 17.5 Å². The topological polar surface area (TPSA) is 94.9 Å². The number of hydrogen-bond acceptors (Lipinski definition) is 6. The smallest absolute Gasteiger partial charge is 0.332 e. The predicted octanol–water partition coefficient (Wildman–Crippen LogP) is 0.916. The van der Waals surface area contributed by atoms with Gasteiger partial charge in [0.1, 0.15) is 16.5 Å². The zero-order valence-corrected chi connectivity index (χ0v) is 13.2. The summed E-state index contributed by atoms with van der Waals surface area (Å²) in [5.74, 6) is 0.179. The molecule has 0 aliphatic carbocycles. The van der Waals surface area contributed by atoms with E-state index in [1.807, 2.05) is 13.8 Å². The first kappa shape index (κ1) is 15.3. The second-order valence-corrected chi connectivity index (χ2v) is 6.10. The Kier molecular flexibility index (Phi) is 4.46. The van der Waals surface area contributed by atoms with E-state index in [0.29, 0.717) is 13.1 Å². The lowest BCUT2D eigenvalue weighted by molar-refractivity contribution is 0.600. The van der Waals surface area contributed by atoms with Crippen LogP contribution >= 0.6 is 11.3 Å². The highest BCUT2D eigenvalue weighted by Gasteiger charge is 2.14. The zero-order valence-electron chi connectivity index (χ0n) is 12.3. The van der Waals surface area contributed by atoms with Crippen molar-refractivity contribution in [2.45, 2.75) is 33.4 Å². The van der Waals surface area contributed by atoms with Gasteiger partial charge in [-0.3, -0.25) is 13.9 Å². The summed E-state index contributed by atoms with van der Waals surface area (Å²) in [6.45, 7) is 4.80. The van der Waals surface area contributed by atoms with Gasteiger partial charge in [0.15, 0.2) is 0 Å². The minimum Gasteiger partial charge on any atom is -0.383 e. The van der Waals surface area contributed by atoms with Crippen LogP contribution in [0, 0.1) is 6.92 Å². The summed E-state index contributed by atoms with van der Waals surface area (Å²) in [7, 11) is 1.45. The van der Waals surface area contributed by atoms with E-state index in [1.165, 1.54) is 11.6 Å². The molecule has 0 fully saturated rings. The Morgan fingerprint density at radius 1 is 1.43 bits per heavy atom. The third-order valence-corrected chi connectivity index (χ3v) is 4.03. The van der Waals surface area contributed by atoms with Crippen molar-refractivity contribution >= 4 is 22.8 Å². The summed E-state index contributed by atoms with van der Waals surface area (Å²) in [4.78, 5) is 29.5. The highest BCUT2D eigenvalue weighted by atomic mass is 32.1. The van der Waals surface area contributed by atoms with Crippen LogP contribution in [-0.2, 0) is 20.1 Å². The third-order valence-electron chi connectivity index (χ3n) is 3.12. The third kappa shape index (κ3) is 2.99. The molecule has 2 aromatic rings. The van der Waals surface area contributed by atoms with Crippen molar-refractivity contribution in [3.8, 4) is 0 Å². The molecule has 0 saturated heterocycles. The van der Waals surface area contributed by atoms with Crippen LogP contribution in [0.25, 0.3) is 0 Å². The molecule has 3 N–H and O–H groups in total. The lowest BCUT2D eigenvalue weighted by Crippen LogP contribution is -2.40. The Bertz CT molecular complexity index is 759. The fourth-order valence-corrected chi connectivity index (χ4v) is 2.76. The maximum Gasteiger partial charge on any atom is 0.332 e. The van der Waals surface area contributed by atoms with Gasteiger partial charge in [-0.15, -0.1) is 11.3 Å². The van der Waals surface area contributed by atoms with Crippen molar-refractivity contribution in [1.82, 2.24) is 14.1 Å². The van der Waals surface area contributed by atoms with Crippen LogP contribution < -0.4 is 22.3 Å². The van der Waals surface area contributed by atoms with Crippen molar-refractivity contribution < 1.29 is 0 Å². The SMILES string of the molecule is CCCn1c(N)c(NCc2ncc(C)s2)c(=O)n(C)c1=O. The molecule has 0 saturated carbocycles. The van der Waals surface area contributed by atoms with E-state index in [0.717, 1.165) is 20.9 Å². The molecular weight excluding hydrogens is 290 g/mol. The molecule has 0 amide bonds. The van der Waals surface area contributed by atoms with E-state index in [9.17, 15) is 9.59 Å². The van der Waals surface area contributed by atoms with Crippen LogP contribution in [0.15, 0.2) is 15.8 Å².